The number of nitrogens with one attached hydrogen (secondary N) is 1. The lowest BCUT2D eigenvalue weighted by molar-refractivity contribution is 0.102. The van der Waals surface area contributed by atoms with E-state index in [2.05, 4.69) is 31.3 Å². The van der Waals surface area contributed by atoms with Crippen LogP contribution in [0.1, 0.15) is 15.4 Å². The van der Waals surface area contributed by atoms with Gasteiger partial charge in [0.15, 0.2) is 5.82 Å². The molecule has 0 fully saturated rings. The van der Waals surface area contributed by atoms with Gasteiger partial charge in [0.05, 0.1) is 10.6 Å². The van der Waals surface area contributed by atoms with Gasteiger partial charge in [-0.15, -0.1) is 22.7 Å². The Labute approximate surface area is 137 Å². The zero-order valence-corrected chi connectivity index (χ0v) is 14.5. The molecular formula is C13H11BrN4OS2. The lowest BCUT2D eigenvalue weighted by Crippen LogP contribution is -2.12. The van der Waals surface area contributed by atoms with Crippen LogP contribution in [0.4, 0.5) is 5.82 Å². The number of nitrogens with zero attached hydrogens (tertiary/aromatic N) is 3. The van der Waals surface area contributed by atoms with Crippen LogP contribution in [0.5, 0.6) is 0 Å². The summed E-state index contributed by atoms with van der Waals surface area (Å²) in [5.74, 6) is 0.362. The van der Waals surface area contributed by atoms with Crippen LogP contribution in [0, 0.1) is 6.92 Å². The molecule has 0 atom stereocenters. The molecule has 0 aromatic carbocycles. The third-order valence-corrected chi connectivity index (χ3v) is 5.75. The summed E-state index contributed by atoms with van der Waals surface area (Å²) in [6.07, 6.45) is 1.78. The van der Waals surface area contributed by atoms with Crippen molar-refractivity contribution < 1.29 is 4.79 Å². The highest BCUT2D eigenvalue weighted by Gasteiger charge is 2.17. The number of carbonyl (C=O) groups excluding carboxylic acids is 1. The summed E-state index contributed by atoms with van der Waals surface area (Å²) < 4.78 is 2.67. The number of amides is 1. The Morgan fingerprint density at radius 3 is 2.90 bits per heavy atom. The number of thiophene rings is 1. The number of anilines is 1. The fourth-order valence-corrected chi connectivity index (χ4v) is 4.24. The maximum atomic E-state index is 12.3. The maximum absolute atomic E-state index is 12.3. The van der Waals surface area contributed by atoms with E-state index < -0.39 is 0 Å². The Bertz CT molecular complexity index is 805. The summed E-state index contributed by atoms with van der Waals surface area (Å²) in [4.78, 5) is 18.4. The van der Waals surface area contributed by atoms with E-state index in [0.717, 1.165) is 20.1 Å². The zero-order chi connectivity index (χ0) is 15.0. The van der Waals surface area contributed by atoms with Crippen molar-refractivity contribution >= 4 is 50.3 Å². The third kappa shape index (κ3) is 3.07. The first-order valence-electron chi connectivity index (χ1n) is 6.06. The number of thiazole rings is 1. The number of aryl methyl sites for hydroxylation is 2. The van der Waals surface area contributed by atoms with E-state index in [-0.39, 0.29) is 5.91 Å². The van der Waals surface area contributed by atoms with E-state index in [0.29, 0.717) is 10.7 Å². The summed E-state index contributed by atoms with van der Waals surface area (Å²) >= 11 is 6.42. The predicted molar refractivity (Wildman–Crippen MR) is 89.0 cm³/mol. The van der Waals surface area contributed by atoms with E-state index in [9.17, 15) is 4.79 Å². The van der Waals surface area contributed by atoms with Crippen molar-refractivity contribution in [2.24, 2.45) is 7.05 Å². The van der Waals surface area contributed by atoms with Gasteiger partial charge in [-0.25, -0.2) is 4.98 Å². The van der Waals surface area contributed by atoms with Gasteiger partial charge in [0.1, 0.15) is 9.88 Å². The monoisotopic (exact) mass is 382 g/mol. The molecule has 0 unspecified atom stereocenters. The van der Waals surface area contributed by atoms with Gasteiger partial charge in [0.2, 0.25) is 0 Å². The molecule has 0 aliphatic heterocycles. The Morgan fingerprint density at radius 2 is 2.29 bits per heavy atom. The Morgan fingerprint density at radius 1 is 1.48 bits per heavy atom. The fourth-order valence-electron chi connectivity index (χ4n) is 1.79. The normalized spacial score (nSPS) is 10.8. The second kappa shape index (κ2) is 5.70. The quantitative estimate of drug-likeness (QED) is 0.746. The topological polar surface area (TPSA) is 59.8 Å². The molecule has 1 N–H and O–H groups in total. The first kappa shape index (κ1) is 14.4. The van der Waals surface area contributed by atoms with Gasteiger partial charge in [-0.1, -0.05) is 0 Å². The van der Waals surface area contributed by atoms with Crippen molar-refractivity contribution in [2.75, 3.05) is 5.32 Å². The van der Waals surface area contributed by atoms with Crippen molar-refractivity contribution in [3.63, 3.8) is 0 Å². The molecule has 0 radical (unpaired) electrons. The highest BCUT2D eigenvalue weighted by atomic mass is 79.9. The lowest BCUT2D eigenvalue weighted by Gasteiger charge is -1.99. The molecule has 0 saturated carbocycles. The van der Waals surface area contributed by atoms with Crippen molar-refractivity contribution in [1.29, 1.82) is 0 Å². The van der Waals surface area contributed by atoms with Gasteiger partial charge in [-0.3, -0.25) is 9.48 Å². The van der Waals surface area contributed by atoms with Crippen molar-refractivity contribution in [2.45, 2.75) is 6.92 Å². The third-order valence-electron chi connectivity index (χ3n) is 2.74. The molecule has 0 bridgehead atoms. The first-order chi connectivity index (χ1) is 10.0. The highest BCUT2D eigenvalue weighted by molar-refractivity contribution is 9.10. The van der Waals surface area contributed by atoms with Crippen molar-refractivity contribution in [1.82, 2.24) is 14.8 Å². The van der Waals surface area contributed by atoms with Crippen LogP contribution in [-0.4, -0.2) is 20.7 Å². The molecule has 3 aromatic heterocycles. The van der Waals surface area contributed by atoms with Gasteiger partial charge in [0, 0.05) is 29.2 Å². The molecule has 21 heavy (non-hydrogen) atoms. The van der Waals surface area contributed by atoms with Gasteiger partial charge < -0.3 is 5.32 Å². The molecule has 0 aliphatic carbocycles. The highest BCUT2D eigenvalue weighted by Crippen LogP contribution is 2.34. The fraction of sp³-hybridized carbons (Fsp3) is 0.154. The van der Waals surface area contributed by atoms with Crippen molar-refractivity contribution in [3.05, 3.63) is 38.8 Å². The van der Waals surface area contributed by atoms with E-state index in [1.54, 1.807) is 35.3 Å². The first-order valence-corrected chi connectivity index (χ1v) is 8.54. The van der Waals surface area contributed by atoms with Crippen molar-refractivity contribution in [3.8, 4) is 9.88 Å². The standard InChI is InChI=1S/C13H11BrN4OS2/c1-7-11(12(19)16-10-3-4-18(2)17-10)21-13(15-7)9-5-8(14)6-20-9/h3-6H,1-2H3,(H,16,17,19). The van der Waals surface area contributed by atoms with Gasteiger partial charge >= 0.3 is 0 Å². The smallest absolute Gasteiger partial charge is 0.268 e. The van der Waals surface area contributed by atoms with Crippen LogP contribution in [0.15, 0.2) is 28.2 Å². The number of hydrogen-bond donors (Lipinski definition) is 1. The summed E-state index contributed by atoms with van der Waals surface area (Å²) in [5, 5.41) is 9.78. The average molecular weight is 383 g/mol. The minimum Gasteiger partial charge on any atom is -0.304 e. The lowest BCUT2D eigenvalue weighted by atomic mass is 10.3. The molecule has 3 aromatic rings. The predicted octanol–water partition coefficient (Wildman–Crippen LogP) is 3.93. The molecule has 3 heterocycles. The minimum atomic E-state index is -0.175. The van der Waals surface area contributed by atoms with Crippen LogP contribution >= 0.6 is 38.6 Å². The largest absolute Gasteiger partial charge is 0.304 e. The Hall–Kier alpha value is -1.51. The number of aromatic nitrogens is 3. The van der Waals surface area contributed by atoms with Gasteiger partial charge in [-0.2, -0.15) is 5.10 Å². The number of carbonyl (C=O) groups is 1. The van der Waals surface area contributed by atoms with Crippen LogP contribution < -0.4 is 5.32 Å². The van der Waals surface area contributed by atoms with E-state index in [1.807, 2.05) is 18.4 Å². The zero-order valence-electron chi connectivity index (χ0n) is 11.3. The molecule has 0 aliphatic rings. The summed E-state index contributed by atoms with van der Waals surface area (Å²) in [6.45, 7) is 1.84. The van der Waals surface area contributed by atoms with E-state index in [1.165, 1.54) is 11.3 Å². The van der Waals surface area contributed by atoms with E-state index >= 15 is 0 Å². The minimum absolute atomic E-state index is 0.175. The summed E-state index contributed by atoms with van der Waals surface area (Å²) in [5.41, 5.74) is 0.730. The number of halogens is 1. The molecular weight excluding hydrogens is 372 g/mol. The summed E-state index contributed by atoms with van der Waals surface area (Å²) in [6, 6.07) is 3.76. The van der Waals surface area contributed by atoms with Crippen LogP contribution in [0.2, 0.25) is 0 Å². The molecule has 0 saturated heterocycles. The second-order valence-electron chi connectivity index (χ2n) is 4.39. The van der Waals surface area contributed by atoms with Gasteiger partial charge in [-0.05, 0) is 28.9 Å². The average Bonchev–Trinajstić information content (AvgIpc) is 3.11. The number of rotatable bonds is 3. The van der Waals surface area contributed by atoms with Gasteiger partial charge in [0.25, 0.3) is 5.91 Å². The molecule has 5 nitrogen and oxygen atoms in total. The summed E-state index contributed by atoms with van der Waals surface area (Å²) in [7, 11) is 1.81. The molecule has 1 amide bonds. The second-order valence-corrected chi connectivity index (χ2v) is 7.22. The molecule has 0 spiro atoms. The Kier molecular flexibility index (Phi) is 3.92. The number of hydrogen-bond acceptors (Lipinski definition) is 5. The SMILES string of the molecule is Cc1nc(-c2cc(Br)cs2)sc1C(=O)Nc1ccn(C)n1. The maximum Gasteiger partial charge on any atom is 0.268 e. The van der Waals surface area contributed by atoms with Crippen LogP contribution in [0.25, 0.3) is 9.88 Å². The molecule has 8 heteroatoms. The molecule has 3 rings (SSSR count). The molecule has 108 valence electrons. The van der Waals surface area contributed by atoms with E-state index in [4.69, 9.17) is 0 Å². The van der Waals surface area contributed by atoms with Crippen LogP contribution in [0.3, 0.4) is 0 Å². The Balaban J connectivity index is 1.85. The van der Waals surface area contributed by atoms with Crippen LogP contribution in [-0.2, 0) is 7.05 Å².